The number of pyridine rings is 1. The molecule has 7 heteroatoms. The van der Waals surface area contributed by atoms with E-state index < -0.39 is 5.97 Å². The number of nitrogens with one attached hydrogen (secondary N) is 2. The molecular weight excluding hydrogens is 378 g/mol. The van der Waals surface area contributed by atoms with Gasteiger partial charge in [0.25, 0.3) is 0 Å². The van der Waals surface area contributed by atoms with Gasteiger partial charge in [-0.15, -0.1) is 0 Å². The van der Waals surface area contributed by atoms with E-state index in [0.717, 1.165) is 33.1 Å². The fourth-order valence-corrected chi connectivity index (χ4v) is 3.45. The number of carboxylic acids is 1. The molecule has 146 valence electrons. The average Bonchev–Trinajstić information content (AvgIpc) is 3.17. The van der Waals surface area contributed by atoms with Crippen molar-refractivity contribution >= 4 is 33.7 Å². The molecule has 3 N–H and O–H groups in total. The summed E-state index contributed by atoms with van der Waals surface area (Å²) < 4.78 is 0. The molecule has 0 atom stereocenters. The van der Waals surface area contributed by atoms with Gasteiger partial charge in [-0.25, -0.2) is 14.8 Å². The number of carbonyl (C=O) groups is 1. The van der Waals surface area contributed by atoms with E-state index in [1.165, 1.54) is 0 Å². The van der Waals surface area contributed by atoms with Crippen LogP contribution in [-0.2, 0) is 6.54 Å². The lowest BCUT2D eigenvalue weighted by atomic mass is 10.1. The Kier molecular flexibility index (Phi) is 4.33. The lowest BCUT2D eigenvalue weighted by Gasteiger charge is -2.10. The number of anilines is 1. The molecule has 0 unspecified atom stereocenters. The zero-order chi connectivity index (χ0) is 20.5. The second-order valence-corrected chi connectivity index (χ2v) is 6.89. The molecule has 5 rings (SSSR count). The van der Waals surface area contributed by atoms with Crippen molar-refractivity contribution in [3.05, 3.63) is 84.2 Å². The van der Waals surface area contributed by atoms with Crippen LogP contribution in [0, 0.1) is 0 Å². The molecule has 0 saturated carbocycles. The molecule has 7 nitrogen and oxygen atoms in total. The molecule has 5 aromatic rings. The van der Waals surface area contributed by atoms with Gasteiger partial charge in [0.15, 0.2) is 5.82 Å². The standard InChI is InChI=1S/C23H17N5O2/c29-23(30)16-9-7-15(8-10-16)20-27-21(25-13-14-4-3-11-24-12-14)19-17-5-1-2-6-18(17)26-22(19)28-20/h1-12H,13H2,(H,29,30)(H2,25,26,27,28). The van der Waals surface area contributed by atoms with E-state index in [1.807, 2.05) is 42.6 Å². The number of aromatic carboxylic acids is 1. The Morgan fingerprint density at radius 2 is 1.83 bits per heavy atom. The Labute approximate surface area is 171 Å². The van der Waals surface area contributed by atoms with Crippen LogP contribution < -0.4 is 5.32 Å². The molecule has 2 aromatic carbocycles. The van der Waals surface area contributed by atoms with E-state index >= 15 is 0 Å². The SMILES string of the molecule is O=C(O)c1ccc(-c2nc(NCc3cccnc3)c3c(n2)[nH]c2ccccc23)cc1. The number of rotatable bonds is 5. The first-order valence-electron chi connectivity index (χ1n) is 9.44. The fraction of sp³-hybridized carbons (Fsp3) is 0.0435. The molecule has 0 saturated heterocycles. The van der Waals surface area contributed by atoms with Crippen LogP contribution in [-0.4, -0.2) is 31.0 Å². The highest BCUT2D eigenvalue weighted by atomic mass is 16.4. The average molecular weight is 395 g/mol. The first-order chi connectivity index (χ1) is 14.7. The van der Waals surface area contributed by atoms with Gasteiger partial charge in [0.2, 0.25) is 0 Å². The third kappa shape index (κ3) is 3.22. The second kappa shape index (κ2) is 7.29. The van der Waals surface area contributed by atoms with Crippen molar-refractivity contribution in [3.63, 3.8) is 0 Å². The third-order valence-corrected chi connectivity index (χ3v) is 4.93. The van der Waals surface area contributed by atoms with Crippen LogP contribution in [0.2, 0.25) is 0 Å². The summed E-state index contributed by atoms with van der Waals surface area (Å²) in [6, 6.07) is 18.4. The Morgan fingerprint density at radius 3 is 2.60 bits per heavy atom. The quantitative estimate of drug-likeness (QED) is 0.405. The van der Waals surface area contributed by atoms with Crippen LogP contribution in [0.4, 0.5) is 5.82 Å². The van der Waals surface area contributed by atoms with Gasteiger partial charge in [-0.05, 0) is 29.8 Å². The van der Waals surface area contributed by atoms with E-state index in [9.17, 15) is 4.79 Å². The topological polar surface area (TPSA) is 104 Å². The number of carboxylic acid groups (broad SMARTS) is 1. The van der Waals surface area contributed by atoms with Crippen molar-refractivity contribution in [2.45, 2.75) is 6.54 Å². The Hall–Kier alpha value is -4.26. The van der Waals surface area contributed by atoms with Crippen LogP contribution in [0.15, 0.2) is 73.1 Å². The summed E-state index contributed by atoms with van der Waals surface area (Å²) in [5, 5.41) is 14.5. The highest BCUT2D eigenvalue weighted by Gasteiger charge is 2.15. The summed E-state index contributed by atoms with van der Waals surface area (Å²) in [6.45, 7) is 0.566. The number of benzene rings is 2. The van der Waals surface area contributed by atoms with Crippen molar-refractivity contribution in [2.75, 3.05) is 5.32 Å². The normalized spacial score (nSPS) is 11.1. The summed E-state index contributed by atoms with van der Waals surface area (Å²) in [6.07, 6.45) is 3.55. The van der Waals surface area contributed by atoms with E-state index in [0.29, 0.717) is 18.2 Å². The Balaban J connectivity index is 1.63. The monoisotopic (exact) mass is 395 g/mol. The van der Waals surface area contributed by atoms with Gasteiger partial charge >= 0.3 is 5.97 Å². The van der Waals surface area contributed by atoms with Gasteiger partial charge in [0, 0.05) is 35.4 Å². The zero-order valence-electron chi connectivity index (χ0n) is 15.8. The van der Waals surface area contributed by atoms with E-state index in [-0.39, 0.29) is 5.56 Å². The maximum atomic E-state index is 11.1. The molecule has 3 aromatic heterocycles. The number of aromatic nitrogens is 4. The molecule has 0 spiro atoms. The molecule has 30 heavy (non-hydrogen) atoms. The molecular formula is C23H17N5O2. The number of fused-ring (bicyclic) bond motifs is 3. The van der Waals surface area contributed by atoms with Crippen molar-refractivity contribution < 1.29 is 9.90 Å². The Bertz CT molecular complexity index is 1360. The van der Waals surface area contributed by atoms with E-state index in [4.69, 9.17) is 15.1 Å². The van der Waals surface area contributed by atoms with Gasteiger partial charge in [0.1, 0.15) is 11.5 Å². The number of aromatic amines is 1. The molecule has 0 amide bonds. The number of nitrogens with zero attached hydrogens (tertiary/aromatic N) is 3. The predicted octanol–water partition coefficient (Wildman–Crippen LogP) is 4.48. The van der Waals surface area contributed by atoms with Gasteiger partial charge in [-0.1, -0.05) is 36.4 Å². The molecule has 0 fully saturated rings. The predicted molar refractivity (Wildman–Crippen MR) is 115 cm³/mol. The van der Waals surface area contributed by atoms with Gasteiger partial charge < -0.3 is 15.4 Å². The third-order valence-electron chi connectivity index (χ3n) is 4.93. The van der Waals surface area contributed by atoms with E-state index in [1.54, 1.807) is 30.5 Å². The zero-order valence-corrected chi connectivity index (χ0v) is 15.8. The highest BCUT2D eigenvalue weighted by Crippen LogP contribution is 2.31. The van der Waals surface area contributed by atoms with E-state index in [2.05, 4.69) is 15.3 Å². The number of H-pyrrole nitrogens is 1. The maximum absolute atomic E-state index is 11.1. The lowest BCUT2D eigenvalue weighted by molar-refractivity contribution is 0.0697. The minimum absolute atomic E-state index is 0.223. The fourth-order valence-electron chi connectivity index (χ4n) is 3.45. The molecule has 0 bridgehead atoms. The minimum Gasteiger partial charge on any atom is -0.478 e. The number of para-hydroxylation sites is 1. The molecule has 0 aliphatic carbocycles. The van der Waals surface area contributed by atoms with Crippen molar-refractivity contribution in [1.29, 1.82) is 0 Å². The highest BCUT2D eigenvalue weighted by molar-refractivity contribution is 6.11. The molecule has 3 heterocycles. The molecule has 0 aliphatic heterocycles. The van der Waals surface area contributed by atoms with Crippen LogP contribution in [0.25, 0.3) is 33.3 Å². The summed E-state index contributed by atoms with van der Waals surface area (Å²) in [5.74, 6) is 0.255. The smallest absolute Gasteiger partial charge is 0.335 e. The van der Waals surface area contributed by atoms with Crippen LogP contribution in [0.1, 0.15) is 15.9 Å². The summed E-state index contributed by atoms with van der Waals surface area (Å²) in [7, 11) is 0. The van der Waals surface area contributed by atoms with Crippen molar-refractivity contribution in [1.82, 2.24) is 19.9 Å². The minimum atomic E-state index is -0.965. The van der Waals surface area contributed by atoms with Crippen molar-refractivity contribution in [3.8, 4) is 11.4 Å². The van der Waals surface area contributed by atoms with Crippen LogP contribution >= 0.6 is 0 Å². The molecule has 0 radical (unpaired) electrons. The van der Waals surface area contributed by atoms with Crippen LogP contribution in [0.3, 0.4) is 0 Å². The number of hydrogen-bond acceptors (Lipinski definition) is 5. The van der Waals surface area contributed by atoms with Crippen molar-refractivity contribution in [2.24, 2.45) is 0 Å². The van der Waals surface area contributed by atoms with Gasteiger partial charge in [-0.2, -0.15) is 0 Å². The molecule has 0 aliphatic rings. The van der Waals surface area contributed by atoms with Crippen LogP contribution in [0.5, 0.6) is 0 Å². The Morgan fingerprint density at radius 1 is 1.00 bits per heavy atom. The van der Waals surface area contributed by atoms with Gasteiger partial charge in [0.05, 0.1) is 10.9 Å². The maximum Gasteiger partial charge on any atom is 0.335 e. The van der Waals surface area contributed by atoms with Gasteiger partial charge in [-0.3, -0.25) is 4.98 Å². The first kappa shape index (κ1) is 17.8. The summed E-state index contributed by atoms with van der Waals surface area (Å²) in [4.78, 5) is 28.1. The lowest BCUT2D eigenvalue weighted by Crippen LogP contribution is -2.04. The summed E-state index contributed by atoms with van der Waals surface area (Å²) in [5.41, 5.74) is 3.70. The summed E-state index contributed by atoms with van der Waals surface area (Å²) >= 11 is 0. The number of hydrogen-bond donors (Lipinski definition) is 3. The first-order valence-corrected chi connectivity index (χ1v) is 9.44. The largest absolute Gasteiger partial charge is 0.478 e. The second-order valence-electron chi connectivity index (χ2n) is 6.89.